The summed E-state index contributed by atoms with van der Waals surface area (Å²) < 4.78 is 0. The van der Waals surface area contributed by atoms with Gasteiger partial charge in [0.1, 0.15) is 0 Å². The second kappa shape index (κ2) is 3.46. The lowest BCUT2D eigenvalue weighted by molar-refractivity contribution is 0.381. The summed E-state index contributed by atoms with van der Waals surface area (Å²) in [4.78, 5) is 0. The van der Waals surface area contributed by atoms with Crippen molar-refractivity contribution in [1.29, 1.82) is 0 Å². The van der Waals surface area contributed by atoms with Gasteiger partial charge in [-0.05, 0) is 24.0 Å². The molecule has 1 heterocycles. The Hall–Kier alpha value is -1.61. The van der Waals surface area contributed by atoms with Crippen molar-refractivity contribution in [2.75, 3.05) is 0 Å². The lowest BCUT2D eigenvalue weighted by Gasteiger charge is -2.33. The van der Waals surface area contributed by atoms with Crippen molar-refractivity contribution in [1.82, 2.24) is 10.2 Å². The van der Waals surface area contributed by atoms with Gasteiger partial charge in [0.25, 0.3) is 0 Å². The van der Waals surface area contributed by atoms with E-state index in [9.17, 15) is 0 Å². The molecule has 1 aliphatic carbocycles. The maximum atomic E-state index is 6.51. The molecule has 3 rings (SSSR count). The van der Waals surface area contributed by atoms with Gasteiger partial charge in [0.05, 0.1) is 6.20 Å². The second-order valence-corrected chi connectivity index (χ2v) is 4.57. The van der Waals surface area contributed by atoms with Gasteiger partial charge in [0, 0.05) is 17.7 Å². The van der Waals surface area contributed by atoms with E-state index in [4.69, 9.17) is 5.73 Å². The first-order valence-electron chi connectivity index (χ1n) is 5.63. The average Bonchev–Trinajstić information content (AvgIpc) is 2.77. The van der Waals surface area contributed by atoms with Gasteiger partial charge in [0.2, 0.25) is 0 Å². The molecule has 0 saturated heterocycles. The summed E-state index contributed by atoms with van der Waals surface area (Å²) in [5, 5.41) is 7.14. The summed E-state index contributed by atoms with van der Waals surface area (Å²) in [5.41, 5.74) is 10.00. The SMILES string of the molecule is NC1(c2ccccc2)CCc2cn[nH]c2C1. The number of fused-ring (bicyclic) bond motifs is 1. The van der Waals surface area contributed by atoms with Crippen LogP contribution in [0.5, 0.6) is 0 Å². The molecule has 0 fully saturated rings. The standard InChI is InChI=1S/C13H15N3/c14-13(11-4-2-1-3-5-11)7-6-10-9-15-16-12(10)8-13/h1-5,9H,6-8,14H2,(H,15,16). The van der Waals surface area contributed by atoms with Crippen molar-refractivity contribution < 1.29 is 0 Å². The number of nitrogens with one attached hydrogen (secondary N) is 1. The van der Waals surface area contributed by atoms with Crippen LogP contribution in [0, 0.1) is 0 Å². The smallest absolute Gasteiger partial charge is 0.0522 e. The first-order chi connectivity index (χ1) is 7.78. The first kappa shape index (κ1) is 9.60. The Labute approximate surface area is 94.7 Å². The molecule has 1 aromatic carbocycles. The minimum Gasteiger partial charge on any atom is -0.321 e. The Bertz CT molecular complexity index is 489. The van der Waals surface area contributed by atoms with Crippen LogP contribution in [0.4, 0.5) is 0 Å². The number of H-pyrrole nitrogens is 1. The number of aryl methyl sites for hydroxylation is 1. The molecule has 1 aromatic heterocycles. The molecule has 1 unspecified atom stereocenters. The highest BCUT2D eigenvalue weighted by Gasteiger charge is 2.32. The zero-order chi connectivity index (χ0) is 11.0. The predicted octanol–water partition coefficient (Wildman–Crippen LogP) is 1.75. The molecule has 1 atom stereocenters. The molecule has 0 saturated carbocycles. The van der Waals surface area contributed by atoms with Gasteiger partial charge in [-0.25, -0.2) is 0 Å². The summed E-state index contributed by atoms with van der Waals surface area (Å²) in [6.07, 6.45) is 4.77. The molecule has 0 aliphatic heterocycles. The summed E-state index contributed by atoms with van der Waals surface area (Å²) in [6.45, 7) is 0. The minimum absolute atomic E-state index is 0.235. The van der Waals surface area contributed by atoms with Crippen molar-refractivity contribution in [3.8, 4) is 0 Å². The quantitative estimate of drug-likeness (QED) is 0.758. The molecular formula is C13H15N3. The van der Waals surface area contributed by atoms with Crippen molar-refractivity contribution in [2.45, 2.75) is 24.8 Å². The van der Waals surface area contributed by atoms with Crippen LogP contribution in [0.15, 0.2) is 36.5 Å². The van der Waals surface area contributed by atoms with Crippen LogP contribution in [-0.2, 0) is 18.4 Å². The number of nitrogens with zero attached hydrogens (tertiary/aromatic N) is 1. The van der Waals surface area contributed by atoms with E-state index in [0.717, 1.165) is 19.3 Å². The monoisotopic (exact) mass is 213 g/mol. The Morgan fingerprint density at radius 2 is 2.06 bits per heavy atom. The molecule has 0 amide bonds. The van der Waals surface area contributed by atoms with E-state index in [2.05, 4.69) is 22.3 Å². The summed E-state index contributed by atoms with van der Waals surface area (Å²) in [5.74, 6) is 0. The van der Waals surface area contributed by atoms with Crippen LogP contribution < -0.4 is 5.73 Å². The lowest BCUT2D eigenvalue weighted by atomic mass is 9.77. The molecule has 3 heteroatoms. The predicted molar refractivity (Wildman–Crippen MR) is 62.9 cm³/mol. The van der Waals surface area contributed by atoms with Crippen LogP contribution in [0.2, 0.25) is 0 Å². The number of hydrogen-bond acceptors (Lipinski definition) is 2. The number of aromatic amines is 1. The fourth-order valence-corrected chi connectivity index (χ4v) is 2.48. The molecule has 2 aromatic rings. The molecule has 1 aliphatic rings. The van der Waals surface area contributed by atoms with Gasteiger partial charge >= 0.3 is 0 Å². The van der Waals surface area contributed by atoms with E-state index in [1.807, 2.05) is 24.4 Å². The molecular weight excluding hydrogens is 198 g/mol. The maximum absolute atomic E-state index is 6.51. The Kier molecular flexibility index (Phi) is 2.07. The molecule has 0 radical (unpaired) electrons. The number of benzene rings is 1. The third-order valence-corrected chi connectivity index (χ3v) is 3.49. The largest absolute Gasteiger partial charge is 0.321 e. The molecule has 82 valence electrons. The Morgan fingerprint density at radius 1 is 1.25 bits per heavy atom. The third kappa shape index (κ3) is 1.44. The average molecular weight is 213 g/mol. The normalized spacial score (nSPS) is 24.1. The maximum Gasteiger partial charge on any atom is 0.0522 e. The van der Waals surface area contributed by atoms with Crippen molar-refractivity contribution in [2.24, 2.45) is 5.73 Å². The van der Waals surface area contributed by atoms with E-state index >= 15 is 0 Å². The Balaban J connectivity index is 1.98. The molecule has 3 nitrogen and oxygen atoms in total. The van der Waals surface area contributed by atoms with Crippen molar-refractivity contribution in [3.63, 3.8) is 0 Å². The highest BCUT2D eigenvalue weighted by Crippen LogP contribution is 2.33. The first-order valence-corrected chi connectivity index (χ1v) is 5.63. The number of hydrogen-bond donors (Lipinski definition) is 2. The van der Waals surface area contributed by atoms with Gasteiger partial charge in [-0.3, -0.25) is 5.10 Å². The van der Waals surface area contributed by atoms with Crippen LogP contribution >= 0.6 is 0 Å². The van der Waals surface area contributed by atoms with Crippen molar-refractivity contribution >= 4 is 0 Å². The fourth-order valence-electron chi connectivity index (χ4n) is 2.48. The van der Waals surface area contributed by atoms with Gasteiger partial charge in [-0.1, -0.05) is 30.3 Å². The third-order valence-electron chi connectivity index (χ3n) is 3.49. The molecule has 0 bridgehead atoms. The summed E-state index contributed by atoms with van der Waals surface area (Å²) in [6, 6.07) is 10.3. The molecule has 3 N–H and O–H groups in total. The van der Waals surface area contributed by atoms with E-state index in [1.54, 1.807) is 0 Å². The van der Waals surface area contributed by atoms with Crippen LogP contribution in [-0.4, -0.2) is 10.2 Å². The van der Waals surface area contributed by atoms with Crippen molar-refractivity contribution in [3.05, 3.63) is 53.3 Å². The van der Waals surface area contributed by atoms with Crippen LogP contribution in [0.1, 0.15) is 23.2 Å². The number of aromatic nitrogens is 2. The fraction of sp³-hybridized carbons (Fsp3) is 0.308. The topological polar surface area (TPSA) is 54.7 Å². The van der Waals surface area contributed by atoms with E-state index in [-0.39, 0.29) is 5.54 Å². The van der Waals surface area contributed by atoms with Gasteiger partial charge in [-0.15, -0.1) is 0 Å². The summed E-state index contributed by atoms with van der Waals surface area (Å²) >= 11 is 0. The zero-order valence-electron chi connectivity index (χ0n) is 9.11. The molecule has 0 spiro atoms. The van der Waals surface area contributed by atoms with E-state index in [0.29, 0.717) is 0 Å². The second-order valence-electron chi connectivity index (χ2n) is 4.57. The highest BCUT2D eigenvalue weighted by molar-refractivity contribution is 5.32. The van der Waals surface area contributed by atoms with Gasteiger partial charge in [-0.2, -0.15) is 5.10 Å². The highest BCUT2D eigenvalue weighted by atomic mass is 15.1. The zero-order valence-corrected chi connectivity index (χ0v) is 9.11. The van der Waals surface area contributed by atoms with E-state index < -0.39 is 0 Å². The van der Waals surface area contributed by atoms with E-state index in [1.165, 1.54) is 16.8 Å². The van der Waals surface area contributed by atoms with Crippen LogP contribution in [0.3, 0.4) is 0 Å². The molecule has 16 heavy (non-hydrogen) atoms. The lowest BCUT2D eigenvalue weighted by Crippen LogP contribution is -2.42. The number of rotatable bonds is 1. The van der Waals surface area contributed by atoms with Gasteiger partial charge < -0.3 is 5.73 Å². The van der Waals surface area contributed by atoms with Crippen LogP contribution in [0.25, 0.3) is 0 Å². The van der Waals surface area contributed by atoms with Gasteiger partial charge in [0.15, 0.2) is 0 Å². The minimum atomic E-state index is -0.235. The summed E-state index contributed by atoms with van der Waals surface area (Å²) in [7, 11) is 0. The Morgan fingerprint density at radius 3 is 2.88 bits per heavy atom. The number of nitrogens with two attached hydrogens (primary N) is 1.